The van der Waals surface area contributed by atoms with Crippen LogP contribution in [-0.2, 0) is 0 Å². The van der Waals surface area contributed by atoms with Gasteiger partial charge in [0, 0.05) is 10.6 Å². The van der Waals surface area contributed by atoms with Gasteiger partial charge in [-0.3, -0.25) is 0 Å². The molecule has 3 nitrogen and oxygen atoms in total. The molecule has 0 saturated carbocycles. The van der Waals surface area contributed by atoms with Crippen molar-refractivity contribution in [3.63, 3.8) is 0 Å². The number of rotatable bonds is 1. The third-order valence-corrected chi connectivity index (χ3v) is 2.47. The predicted octanol–water partition coefficient (Wildman–Crippen LogP) is 2.32. The minimum Gasteiger partial charge on any atom is -0.303 e. The molecule has 0 aromatic heterocycles. The quantitative estimate of drug-likeness (QED) is 0.761. The van der Waals surface area contributed by atoms with Crippen LogP contribution in [0.15, 0.2) is 23.3 Å². The number of halogens is 2. The highest BCUT2D eigenvalue weighted by atomic mass is 35.5. The highest BCUT2D eigenvalue weighted by Gasteiger charge is 2.17. The minimum absolute atomic E-state index is 0.439. The van der Waals surface area contributed by atoms with Crippen molar-refractivity contribution in [2.75, 3.05) is 6.54 Å². The highest BCUT2D eigenvalue weighted by Crippen LogP contribution is 2.22. The standard InChI is InChI=1S/C9H7Cl2N3/c10-5-1-2-6(7(11)3-5)9-8(12)4-13-14-9/h1-3,12-13H,4H2. The number of hydrogen-bond donors (Lipinski definition) is 2. The van der Waals surface area contributed by atoms with Crippen LogP contribution in [0.25, 0.3) is 0 Å². The Morgan fingerprint density at radius 3 is 2.71 bits per heavy atom. The third kappa shape index (κ3) is 1.61. The zero-order chi connectivity index (χ0) is 10.1. The summed E-state index contributed by atoms with van der Waals surface area (Å²) in [5.41, 5.74) is 4.50. The van der Waals surface area contributed by atoms with Crippen LogP contribution < -0.4 is 5.43 Å². The second-order valence-corrected chi connectivity index (χ2v) is 3.74. The van der Waals surface area contributed by atoms with Crippen molar-refractivity contribution in [3.8, 4) is 0 Å². The lowest BCUT2D eigenvalue weighted by atomic mass is 10.1. The molecule has 0 aliphatic carbocycles. The Bertz CT molecular complexity index is 426. The fraction of sp³-hybridized carbons (Fsp3) is 0.111. The first-order valence-corrected chi connectivity index (χ1v) is 4.78. The molecule has 0 amide bonds. The van der Waals surface area contributed by atoms with Crippen molar-refractivity contribution < 1.29 is 0 Å². The van der Waals surface area contributed by atoms with E-state index in [0.717, 1.165) is 5.56 Å². The van der Waals surface area contributed by atoms with Gasteiger partial charge in [-0.05, 0) is 18.2 Å². The van der Waals surface area contributed by atoms with Gasteiger partial charge in [0.2, 0.25) is 0 Å². The Morgan fingerprint density at radius 1 is 1.36 bits per heavy atom. The van der Waals surface area contributed by atoms with Crippen molar-refractivity contribution in [2.24, 2.45) is 5.10 Å². The molecule has 0 unspecified atom stereocenters. The van der Waals surface area contributed by atoms with E-state index in [9.17, 15) is 0 Å². The van der Waals surface area contributed by atoms with Crippen molar-refractivity contribution in [3.05, 3.63) is 33.8 Å². The van der Waals surface area contributed by atoms with Crippen molar-refractivity contribution in [1.29, 1.82) is 5.41 Å². The van der Waals surface area contributed by atoms with Crippen LogP contribution in [0.4, 0.5) is 0 Å². The van der Waals surface area contributed by atoms with Crippen LogP contribution in [0.5, 0.6) is 0 Å². The fourth-order valence-corrected chi connectivity index (χ4v) is 1.75. The Balaban J connectivity index is 2.47. The van der Waals surface area contributed by atoms with Crippen LogP contribution in [0.3, 0.4) is 0 Å². The first kappa shape index (κ1) is 9.49. The molecule has 2 rings (SSSR count). The summed E-state index contributed by atoms with van der Waals surface area (Å²) in [5, 5.41) is 12.7. The lowest BCUT2D eigenvalue weighted by Gasteiger charge is -2.02. The molecule has 0 fully saturated rings. The Labute approximate surface area is 91.2 Å². The van der Waals surface area contributed by atoms with E-state index in [4.69, 9.17) is 28.6 Å². The molecule has 1 aliphatic heterocycles. The second-order valence-electron chi connectivity index (χ2n) is 2.90. The normalized spacial score (nSPS) is 15.3. The van der Waals surface area contributed by atoms with Gasteiger partial charge in [0.1, 0.15) is 5.71 Å². The third-order valence-electron chi connectivity index (χ3n) is 1.92. The maximum atomic E-state index is 7.61. The maximum absolute atomic E-state index is 7.61. The number of nitrogens with one attached hydrogen (secondary N) is 2. The topological polar surface area (TPSA) is 48.2 Å². The molecule has 1 aliphatic rings. The van der Waals surface area contributed by atoms with Gasteiger partial charge in [-0.1, -0.05) is 23.2 Å². The second kappa shape index (κ2) is 3.59. The van der Waals surface area contributed by atoms with E-state index in [1.807, 2.05) is 0 Å². The number of benzene rings is 1. The number of hydrogen-bond acceptors (Lipinski definition) is 3. The average Bonchev–Trinajstić information content (AvgIpc) is 2.52. The van der Waals surface area contributed by atoms with E-state index >= 15 is 0 Å². The zero-order valence-corrected chi connectivity index (χ0v) is 8.65. The summed E-state index contributed by atoms with van der Waals surface area (Å²) in [4.78, 5) is 0. The molecule has 0 spiro atoms. The first-order chi connectivity index (χ1) is 6.68. The van der Waals surface area contributed by atoms with Gasteiger partial charge in [0.05, 0.1) is 17.3 Å². The van der Waals surface area contributed by atoms with Gasteiger partial charge < -0.3 is 10.8 Å². The molecule has 1 aromatic rings. The minimum atomic E-state index is 0.439. The van der Waals surface area contributed by atoms with Crippen molar-refractivity contribution in [1.82, 2.24) is 5.43 Å². The summed E-state index contributed by atoms with van der Waals surface area (Å²) in [5.74, 6) is 0. The molecular weight excluding hydrogens is 221 g/mol. The summed E-state index contributed by atoms with van der Waals surface area (Å²) in [6.07, 6.45) is 0. The molecule has 1 heterocycles. The predicted molar refractivity (Wildman–Crippen MR) is 58.7 cm³/mol. The molecule has 72 valence electrons. The fourth-order valence-electron chi connectivity index (χ4n) is 1.25. The molecule has 2 N–H and O–H groups in total. The van der Waals surface area contributed by atoms with Gasteiger partial charge in [-0.2, -0.15) is 5.10 Å². The summed E-state index contributed by atoms with van der Waals surface area (Å²) < 4.78 is 0. The Kier molecular flexibility index (Phi) is 2.44. The van der Waals surface area contributed by atoms with Crippen LogP contribution in [0.2, 0.25) is 10.0 Å². The average molecular weight is 228 g/mol. The largest absolute Gasteiger partial charge is 0.303 e. The zero-order valence-electron chi connectivity index (χ0n) is 7.14. The lowest BCUT2D eigenvalue weighted by Crippen LogP contribution is -2.14. The smallest absolute Gasteiger partial charge is 0.114 e. The summed E-state index contributed by atoms with van der Waals surface area (Å²) in [6, 6.07) is 5.15. The van der Waals surface area contributed by atoms with Crippen LogP contribution in [-0.4, -0.2) is 18.0 Å². The molecule has 0 saturated heterocycles. The monoisotopic (exact) mass is 227 g/mol. The van der Waals surface area contributed by atoms with Gasteiger partial charge >= 0.3 is 0 Å². The van der Waals surface area contributed by atoms with E-state index in [2.05, 4.69) is 10.5 Å². The van der Waals surface area contributed by atoms with Crippen LogP contribution in [0, 0.1) is 5.41 Å². The Morgan fingerprint density at radius 2 is 2.14 bits per heavy atom. The van der Waals surface area contributed by atoms with E-state index in [0.29, 0.717) is 28.0 Å². The van der Waals surface area contributed by atoms with Crippen molar-refractivity contribution >= 4 is 34.6 Å². The molecule has 0 atom stereocenters. The molecule has 1 aromatic carbocycles. The van der Waals surface area contributed by atoms with E-state index in [1.54, 1.807) is 18.2 Å². The summed E-state index contributed by atoms with van der Waals surface area (Å²) in [7, 11) is 0. The van der Waals surface area contributed by atoms with Crippen LogP contribution >= 0.6 is 23.2 Å². The van der Waals surface area contributed by atoms with Gasteiger partial charge in [0.15, 0.2) is 0 Å². The maximum Gasteiger partial charge on any atom is 0.114 e. The van der Waals surface area contributed by atoms with E-state index in [1.165, 1.54) is 0 Å². The van der Waals surface area contributed by atoms with E-state index in [-0.39, 0.29) is 0 Å². The van der Waals surface area contributed by atoms with Crippen molar-refractivity contribution in [2.45, 2.75) is 0 Å². The molecule has 14 heavy (non-hydrogen) atoms. The summed E-state index contributed by atoms with van der Waals surface area (Å²) in [6.45, 7) is 0.453. The highest BCUT2D eigenvalue weighted by molar-refractivity contribution is 6.52. The Hall–Kier alpha value is -1.06. The molecular formula is C9H7Cl2N3. The lowest BCUT2D eigenvalue weighted by molar-refractivity contribution is 0.877. The van der Waals surface area contributed by atoms with Gasteiger partial charge in [-0.25, -0.2) is 0 Å². The SMILES string of the molecule is N=C1CNN=C1c1ccc(Cl)cc1Cl. The van der Waals surface area contributed by atoms with Gasteiger partial charge in [0.25, 0.3) is 0 Å². The van der Waals surface area contributed by atoms with E-state index < -0.39 is 0 Å². The first-order valence-electron chi connectivity index (χ1n) is 4.02. The number of nitrogens with zero attached hydrogens (tertiary/aromatic N) is 1. The molecule has 0 bridgehead atoms. The molecule has 0 radical (unpaired) electrons. The van der Waals surface area contributed by atoms with Gasteiger partial charge in [-0.15, -0.1) is 0 Å². The summed E-state index contributed by atoms with van der Waals surface area (Å²) >= 11 is 11.8. The number of hydrazone groups is 1. The van der Waals surface area contributed by atoms with Crippen LogP contribution in [0.1, 0.15) is 5.56 Å². The molecule has 5 heteroatoms.